The number of thiocarbonyl (C=S) groups is 1. The Hall–Kier alpha value is -0.640. The Kier molecular flexibility index (Phi) is 5.37. The molecular formula is C13H24N2OS. The van der Waals surface area contributed by atoms with Crippen LogP contribution in [-0.4, -0.2) is 28.9 Å². The lowest BCUT2D eigenvalue weighted by Gasteiger charge is -2.35. The fourth-order valence-corrected chi connectivity index (χ4v) is 2.77. The van der Waals surface area contributed by atoms with E-state index >= 15 is 0 Å². The predicted octanol–water partition coefficient (Wildman–Crippen LogP) is 2.19. The van der Waals surface area contributed by atoms with Crippen molar-refractivity contribution >= 4 is 23.1 Å². The molecule has 1 heterocycles. The van der Waals surface area contributed by atoms with Crippen molar-refractivity contribution in [3.63, 3.8) is 0 Å². The molecule has 0 bridgehead atoms. The summed E-state index contributed by atoms with van der Waals surface area (Å²) in [6.45, 7) is 8.20. The number of rotatable bonds is 4. The molecule has 1 atom stereocenters. The van der Waals surface area contributed by atoms with Crippen LogP contribution in [0.15, 0.2) is 0 Å². The first-order valence-electron chi connectivity index (χ1n) is 6.55. The molecule has 1 saturated heterocycles. The zero-order valence-electron chi connectivity index (χ0n) is 11.1. The lowest BCUT2D eigenvalue weighted by atomic mass is 9.86. The molecule has 1 fully saturated rings. The van der Waals surface area contributed by atoms with Crippen molar-refractivity contribution in [1.29, 1.82) is 0 Å². The molecule has 0 radical (unpaired) electrons. The highest BCUT2D eigenvalue weighted by molar-refractivity contribution is 7.80. The van der Waals surface area contributed by atoms with Gasteiger partial charge < -0.3 is 10.6 Å². The maximum absolute atomic E-state index is 12.2. The largest absolute Gasteiger partial charge is 0.393 e. The molecule has 17 heavy (non-hydrogen) atoms. The lowest BCUT2D eigenvalue weighted by molar-refractivity contribution is -0.135. The topological polar surface area (TPSA) is 46.3 Å². The molecule has 2 N–H and O–H groups in total. The van der Waals surface area contributed by atoms with Gasteiger partial charge >= 0.3 is 0 Å². The van der Waals surface area contributed by atoms with Crippen LogP contribution in [0.1, 0.15) is 40.0 Å². The van der Waals surface area contributed by atoms with Crippen LogP contribution in [0, 0.1) is 17.8 Å². The smallest absolute Gasteiger partial charge is 0.232 e. The van der Waals surface area contributed by atoms with Gasteiger partial charge in [-0.3, -0.25) is 4.79 Å². The number of amides is 1. The minimum absolute atomic E-state index is 0.127. The molecular weight excluding hydrogens is 232 g/mol. The van der Waals surface area contributed by atoms with Gasteiger partial charge in [-0.05, 0) is 31.1 Å². The third kappa shape index (κ3) is 3.66. The first kappa shape index (κ1) is 14.4. The Morgan fingerprint density at radius 3 is 2.29 bits per heavy atom. The van der Waals surface area contributed by atoms with E-state index in [2.05, 4.69) is 13.8 Å². The standard InChI is InChI=1S/C13H24N2OS/c1-4-11(12(14)17)13(16)15-7-5-10(6-8-15)9(2)3/h9-11H,4-8H2,1-3H3,(H2,14,17). The molecule has 0 aromatic rings. The number of piperidine rings is 1. The number of nitrogens with zero attached hydrogens (tertiary/aromatic N) is 1. The number of likely N-dealkylation sites (tertiary alicyclic amines) is 1. The van der Waals surface area contributed by atoms with E-state index in [1.807, 2.05) is 11.8 Å². The number of hydrogen-bond donors (Lipinski definition) is 1. The normalized spacial score (nSPS) is 19.4. The highest BCUT2D eigenvalue weighted by Crippen LogP contribution is 2.25. The fourth-order valence-electron chi connectivity index (χ4n) is 2.50. The van der Waals surface area contributed by atoms with Crippen molar-refractivity contribution in [1.82, 2.24) is 4.90 Å². The van der Waals surface area contributed by atoms with Gasteiger partial charge in [-0.15, -0.1) is 0 Å². The van der Waals surface area contributed by atoms with Crippen LogP contribution in [0.2, 0.25) is 0 Å². The van der Waals surface area contributed by atoms with Gasteiger partial charge in [0.1, 0.15) is 0 Å². The molecule has 0 aromatic carbocycles. The summed E-state index contributed by atoms with van der Waals surface area (Å²) < 4.78 is 0. The van der Waals surface area contributed by atoms with Crippen LogP contribution < -0.4 is 5.73 Å². The number of nitrogens with two attached hydrogens (primary N) is 1. The predicted molar refractivity (Wildman–Crippen MR) is 74.7 cm³/mol. The van der Waals surface area contributed by atoms with Crippen molar-refractivity contribution in [2.45, 2.75) is 40.0 Å². The molecule has 0 spiro atoms. The summed E-state index contributed by atoms with van der Waals surface area (Å²) in [5, 5.41) is 0. The first-order valence-corrected chi connectivity index (χ1v) is 6.96. The lowest BCUT2D eigenvalue weighted by Crippen LogP contribution is -2.45. The van der Waals surface area contributed by atoms with E-state index in [0.29, 0.717) is 17.3 Å². The van der Waals surface area contributed by atoms with Gasteiger partial charge in [0.25, 0.3) is 0 Å². The van der Waals surface area contributed by atoms with E-state index in [1.165, 1.54) is 0 Å². The molecule has 0 aliphatic carbocycles. The molecule has 1 aliphatic heterocycles. The second-order valence-corrected chi connectivity index (χ2v) is 5.74. The molecule has 4 heteroatoms. The van der Waals surface area contributed by atoms with Crippen LogP contribution in [0.4, 0.5) is 0 Å². The average Bonchev–Trinajstić information content (AvgIpc) is 2.29. The van der Waals surface area contributed by atoms with E-state index in [4.69, 9.17) is 18.0 Å². The number of carbonyl (C=O) groups excluding carboxylic acids is 1. The minimum Gasteiger partial charge on any atom is -0.393 e. The van der Waals surface area contributed by atoms with Gasteiger partial charge in [-0.2, -0.15) is 0 Å². The highest BCUT2D eigenvalue weighted by atomic mass is 32.1. The van der Waals surface area contributed by atoms with E-state index in [-0.39, 0.29) is 11.8 Å². The molecule has 1 aliphatic rings. The van der Waals surface area contributed by atoms with Crippen molar-refractivity contribution in [3.05, 3.63) is 0 Å². The Morgan fingerprint density at radius 2 is 1.94 bits per heavy atom. The summed E-state index contributed by atoms with van der Waals surface area (Å²) >= 11 is 4.96. The highest BCUT2D eigenvalue weighted by Gasteiger charge is 2.29. The fraction of sp³-hybridized carbons (Fsp3) is 0.846. The monoisotopic (exact) mass is 256 g/mol. The molecule has 0 saturated carbocycles. The van der Waals surface area contributed by atoms with Crippen LogP contribution >= 0.6 is 12.2 Å². The molecule has 0 aromatic heterocycles. The van der Waals surface area contributed by atoms with Crippen LogP contribution in [0.3, 0.4) is 0 Å². The van der Waals surface area contributed by atoms with Gasteiger partial charge in [0, 0.05) is 13.1 Å². The van der Waals surface area contributed by atoms with Crippen molar-refractivity contribution in [2.75, 3.05) is 13.1 Å². The minimum atomic E-state index is -0.263. The van der Waals surface area contributed by atoms with Gasteiger partial charge in [0.2, 0.25) is 5.91 Å². The zero-order valence-corrected chi connectivity index (χ0v) is 11.9. The SMILES string of the molecule is CCC(C(=O)N1CCC(C(C)C)CC1)C(N)=S. The van der Waals surface area contributed by atoms with Gasteiger partial charge in [-0.25, -0.2) is 0 Å². The Morgan fingerprint density at radius 1 is 1.41 bits per heavy atom. The van der Waals surface area contributed by atoms with Gasteiger partial charge in [-0.1, -0.05) is 33.0 Å². The third-order valence-electron chi connectivity index (χ3n) is 3.84. The summed E-state index contributed by atoms with van der Waals surface area (Å²) in [5.74, 6) is 1.33. The first-order chi connectivity index (χ1) is 7.97. The summed E-state index contributed by atoms with van der Waals surface area (Å²) in [4.78, 5) is 14.5. The van der Waals surface area contributed by atoms with Crippen molar-refractivity contribution < 1.29 is 4.79 Å². The Bertz CT molecular complexity index is 283. The van der Waals surface area contributed by atoms with Crippen LogP contribution in [0.5, 0.6) is 0 Å². The average molecular weight is 256 g/mol. The maximum atomic E-state index is 12.2. The summed E-state index contributed by atoms with van der Waals surface area (Å²) in [7, 11) is 0. The third-order valence-corrected chi connectivity index (χ3v) is 4.13. The van der Waals surface area contributed by atoms with E-state index < -0.39 is 0 Å². The number of hydrogen-bond acceptors (Lipinski definition) is 2. The summed E-state index contributed by atoms with van der Waals surface area (Å²) in [6.07, 6.45) is 2.92. The quantitative estimate of drug-likeness (QED) is 0.784. The molecule has 1 unspecified atom stereocenters. The molecule has 1 rings (SSSR count). The molecule has 98 valence electrons. The molecule has 1 amide bonds. The van der Waals surface area contributed by atoms with Crippen molar-refractivity contribution in [3.8, 4) is 0 Å². The summed E-state index contributed by atoms with van der Waals surface area (Å²) in [5.41, 5.74) is 5.61. The maximum Gasteiger partial charge on any atom is 0.232 e. The summed E-state index contributed by atoms with van der Waals surface area (Å²) in [6, 6.07) is 0. The number of carbonyl (C=O) groups is 1. The van der Waals surface area contributed by atoms with Crippen LogP contribution in [-0.2, 0) is 4.79 Å². The van der Waals surface area contributed by atoms with E-state index in [0.717, 1.165) is 31.8 Å². The van der Waals surface area contributed by atoms with E-state index in [1.54, 1.807) is 0 Å². The van der Waals surface area contributed by atoms with Crippen molar-refractivity contribution in [2.24, 2.45) is 23.5 Å². The van der Waals surface area contributed by atoms with Gasteiger partial charge in [0.05, 0.1) is 10.9 Å². The van der Waals surface area contributed by atoms with Gasteiger partial charge in [0.15, 0.2) is 0 Å². The zero-order chi connectivity index (χ0) is 13.0. The van der Waals surface area contributed by atoms with E-state index in [9.17, 15) is 4.79 Å². The second-order valence-electron chi connectivity index (χ2n) is 5.27. The Labute approximate surface area is 110 Å². The Balaban J connectivity index is 2.53. The molecule has 3 nitrogen and oxygen atoms in total. The van der Waals surface area contributed by atoms with Crippen LogP contribution in [0.25, 0.3) is 0 Å². The second kappa shape index (κ2) is 6.34.